The molecule has 1 aliphatic rings. The zero-order chi connectivity index (χ0) is 10.3. The van der Waals surface area contributed by atoms with E-state index in [4.69, 9.17) is 11.1 Å². The molecule has 1 heterocycles. The SMILES string of the molecule is N=C1C(=O)Nc2c1cccc2C(N)=O. The van der Waals surface area contributed by atoms with Crippen LogP contribution in [0.4, 0.5) is 5.69 Å². The Labute approximate surface area is 79.4 Å². The van der Waals surface area contributed by atoms with Crippen LogP contribution in [-0.2, 0) is 4.79 Å². The van der Waals surface area contributed by atoms with E-state index in [1.807, 2.05) is 0 Å². The largest absolute Gasteiger partial charge is 0.366 e. The number of rotatable bonds is 1. The summed E-state index contributed by atoms with van der Waals surface area (Å²) in [5, 5.41) is 9.84. The summed E-state index contributed by atoms with van der Waals surface area (Å²) in [6.07, 6.45) is 0. The summed E-state index contributed by atoms with van der Waals surface area (Å²) in [4.78, 5) is 22.1. The van der Waals surface area contributed by atoms with Crippen molar-refractivity contribution in [3.05, 3.63) is 29.3 Å². The molecule has 0 saturated heterocycles. The molecule has 1 aliphatic heterocycles. The van der Waals surface area contributed by atoms with Gasteiger partial charge in [0.2, 0.25) is 0 Å². The van der Waals surface area contributed by atoms with E-state index < -0.39 is 11.8 Å². The number of hydrogen-bond acceptors (Lipinski definition) is 3. The van der Waals surface area contributed by atoms with E-state index in [0.29, 0.717) is 11.3 Å². The molecule has 1 aromatic carbocycles. The number of hydrogen-bond donors (Lipinski definition) is 3. The Balaban J connectivity index is 2.67. The van der Waals surface area contributed by atoms with Gasteiger partial charge in [0.05, 0.1) is 11.3 Å². The van der Waals surface area contributed by atoms with E-state index in [9.17, 15) is 9.59 Å². The first-order valence-corrected chi connectivity index (χ1v) is 3.94. The van der Waals surface area contributed by atoms with E-state index in [0.717, 1.165) is 0 Å². The van der Waals surface area contributed by atoms with Gasteiger partial charge in [0.25, 0.3) is 11.8 Å². The second-order valence-corrected chi connectivity index (χ2v) is 2.92. The predicted octanol–water partition coefficient (Wildman–Crippen LogP) is 0.105. The molecule has 0 unspecified atom stereocenters. The Morgan fingerprint density at radius 2 is 2.14 bits per heavy atom. The first kappa shape index (κ1) is 8.43. The summed E-state index contributed by atoms with van der Waals surface area (Å²) in [5.74, 6) is -1.12. The number of nitrogens with one attached hydrogen (secondary N) is 2. The summed E-state index contributed by atoms with van der Waals surface area (Å²) >= 11 is 0. The fourth-order valence-corrected chi connectivity index (χ4v) is 1.40. The number of amides is 2. The molecule has 2 rings (SSSR count). The maximum atomic E-state index is 11.1. The second kappa shape index (κ2) is 2.66. The average molecular weight is 189 g/mol. The van der Waals surface area contributed by atoms with E-state index in [-0.39, 0.29) is 11.3 Å². The monoisotopic (exact) mass is 189 g/mol. The molecular formula is C9H7N3O2. The lowest BCUT2D eigenvalue weighted by molar-refractivity contribution is -0.110. The average Bonchev–Trinajstić information content (AvgIpc) is 2.43. The molecule has 5 nitrogen and oxygen atoms in total. The molecular weight excluding hydrogens is 182 g/mol. The van der Waals surface area contributed by atoms with E-state index in [1.165, 1.54) is 6.07 Å². The van der Waals surface area contributed by atoms with Gasteiger partial charge in [-0.25, -0.2) is 0 Å². The van der Waals surface area contributed by atoms with Crippen molar-refractivity contribution in [2.24, 2.45) is 5.73 Å². The fraction of sp³-hybridized carbons (Fsp3) is 0. The molecule has 4 N–H and O–H groups in total. The van der Waals surface area contributed by atoms with Crippen molar-refractivity contribution in [3.8, 4) is 0 Å². The van der Waals surface area contributed by atoms with Crippen LogP contribution >= 0.6 is 0 Å². The summed E-state index contributed by atoms with van der Waals surface area (Å²) in [5.41, 5.74) is 5.98. The lowest BCUT2D eigenvalue weighted by atomic mass is 10.1. The van der Waals surface area contributed by atoms with Gasteiger partial charge >= 0.3 is 0 Å². The van der Waals surface area contributed by atoms with E-state index in [2.05, 4.69) is 5.32 Å². The van der Waals surface area contributed by atoms with Gasteiger partial charge in [-0.3, -0.25) is 15.0 Å². The molecule has 0 aliphatic carbocycles. The summed E-state index contributed by atoms with van der Waals surface area (Å²) in [7, 11) is 0. The fourth-order valence-electron chi connectivity index (χ4n) is 1.40. The summed E-state index contributed by atoms with van der Waals surface area (Å²) in [6.45, 7) is 0. The number of anilines is 1. The molecule has 2 amide bonds. The van der Waals surface area contributed by atoms with Crippen molar-refractivity contribution < 1.29 is 9.59 Å². The number of carbonyl (C=O) groups excluding carboxylic acids is 2. The molecule has 1 aromatic rings. The molecule has 0 bridgehead atoms. The molecule has 0 saturated carbocycles. The quantitative estimate of drug-likeness (QED) is 0.584. The van der Waals surface area contributed by atoms with Crippen molar-refractivity contribution in [1.82, 2.24) is 0 Å². The maximum Gasteiger partial charge on any atom is 0.274 e. The number of nitrogens with two attached hydrogens (primary N) is 1. The normalized spacial score (nSPS) is 13.7. The summed E-state index contributed by atoms with van der Waals surface area (Å²) in [6, 6.07) is 4.70. The van der Waals surface area contributed by atoms with Gasteiger partial charge in [0.1, 0.15) is 5.71 Å². The number of primary amides is 1. The maximum absolute atomic E-state index is 11.1. The molecule has 70 valence electrons. The Bertz CT molecular complexity index is 465. The van der Waals surface area contributed by atoms with Crippen LogP contribution in [0.2, 0.25) is 0 Å². The third kappa shape index (κ3) is 0.990. The third-order valence-electron chi connectivity index (χ3n) is 2.06. The molecule has 0 spiro atoms. The van der Waals surface area contributed by atoms with Crippen LogP contribution in [0, 0.1) is 5.41 Å². The highest BCUT2D eigenvalue weighted by atomic mass is 16.2. The van der Waals surface area contributed by atoms with Crippen molar-refractivity contribution in [2.45, 2.75) is 0 Å². The van der Waals surface area contributed by atoms with Gasteiger partial charge in [0, 0.05) is 5.56 Å². The van der Waals surface area contributed by atoms with Crippen molar-refractivity contribution in [2.75, 3.05) is 5.32 Å². The number of fused-ring (bicyclic) bond motifs is 1. The Kier molecular flexibility index (Phi) is 1.60. The van der Waals surface area contributed by atoms with Crippen LogP contribution in [0.1, 0.15) is 15.9 Å². The molecule has 5 heteroatoms. The molecule has 0 fully saturated rings. The van der Waals surface area contributed by atoms with Gasteiger partial charge in [-0.05, 0) is 6.07 Å². The minimum absolute atomic E-state index is 0.136. The van der Waals surface area contributed by atoms with Crippen LogP contribution in [-0.4, -0.2) is 17.5 Å². The van der Waals surface area contributed by atoms with E-state index in [1.54, 1.807) is 12.1 Å². The highest BCUT2D eigenvalue weighted by Gasteiger charge is 2.27. The number of para-hydroxylation sites is 1. The topological polar surface area (TPSA) is 96.0 Å². The Hall–Kier alpha value is -2.17. The van der Waals surface area contributed by atoms with Crippen LogP contribution in [0.3, 0.4) is 0 Å². The Morgan fingerprint density at radius 1 is 1.43 bits per heavy atom. The minimum Gasteiger partial charge on any atom is -0.366 e. The van der Waals surface area contributed by atoms with E-state index >= 15 is 0 Å². The third-order valence-corrected chi connectivity index (χ3v) is 2.06. The van der Waals surface area contributed by atoms with Gasteiger partial charge in [-0.1, -0.05) is 12.1 Å². The van der Waals surface area contributed by atoms with Crippen molar-refractivity contribution in [1.29, 1.82) is 5.41 Å². The highest BCUT2D eigenvalue weighted by Crippen LogP contribution is 2.26. The van der Waals surface area contributed by atoms with Gasteiger partial charge < -0.3 is 11.1 Å². The molecule has 0 aromatic heterocycles. The number of carbonyl (C=O) groups is 2. The van der Waals surface area contributed by atoms with Crippen LogP contribution < -0.4 is 11.1 Å². The van der Waals surface area contributed by atoms with Gasteiger partial charge in [-0.15, -0.1) is 0 Å². The zero-order valence-corrected chi connectivity index (χ0v) is 7.13. The first-order valence-electron chi connectivity index (χ1n) is 3.94. The first-order chi connectivity index (χ1) is 6.61. The minimum atomic E-state index is -0.614. The second-order valence-electron chi connectivity index (χ2n) is 2.92. The molecule has 14 heavy (non-hydrogen) atoms. The van der Waals surface area contributed by atoms with Crippen molar-refractivity contribution in [3.63, 3.8) is 0 Å². The molecule has 0 atom stereocenters. The molecule has 0 radical (unpaired) electrons. The predicted molar refractivity (Wildman–Crippen MR) is 50.4 cm³/mol. The van der Waals surface area contributed by atoms with Crippen molar-refractivity contribution >= 4 is 23.2 Å². The van der Waals surface area contributed by atoms with Crippen LogP contribution in [0.5, 0.6) is 0 Å². The lowest BCUT2D eigenvalue weighted by Gasteiger charge is -2.02. The zero-order valence-electron chi connectivity index (χ0n) is 7.13. The lowest BCUT2D eigenvalue weighted by Crippen LogP contribution is -2.15. The van der Waals surface area contributed by atoms with Gasteiger partial charge in [0.15, 0.2) is 0 Å². The highest BCUT2D eigenvalue weighted by molar-refractivity contribution is 6.53. The van der Waals surface area contributed by atoms with Gasteiger partial charge in [-0.2, -0.15) is 0 Å². The summed E-state index contributed by atoms with van der Waals surface area (Å²) < 4.78 is 0. The van der Waals surface area contributed by atoms with Crippen LogP contribution in [0.15, 0.2) is 18.2 Å². The van der Waals surface area contributed by atoms with Crippen LogP contribution in [0.25, 0.3) is 0 Å². The number of benzene rings is 1. The smallest absolute Gasteiger partial charge is 0.274 e. The Morgan fingerprint density at radius 3 is 2.79 bits per heavy atom. The standard InChI is InChI=1S/C9H7N3O2/c10-6-4-2-1-3-5(8(11)13)7(4)12-9(6)14/h1-3H,(H2,11,13)(H2,10,12,14).